The molecule has 1 atom stereocenters. The maximum atomic E-state index is 14.0. The van der Waals surface area contributed by atoms with Gasteiger partial charge in [-0.15, -0.1) is 0 Å². The third-order valence-electron chi connectivity index (χ3n) is 3.85. The van der Waals surface area contributed by atoms with Crippen molar-refractivity contribution in [2.45, 2.75) is 12.5 Å². The zero-order chi connectivity index (χ0) is 18.6. The fraction of sp³-hybridized carbons (Fsp3) is 0.278. The molecule has 25 heavy (non-hydrogen) atoms. The molecule has 0 heterocycles. The lowest BCUT2D eigenvalue weighted by atomic mass is 10.0. The van der Waals surface area contributed by atoms with E-state index in [1.165, 1.54) is 18.2 Å². The quantitative estimate of drug-likeness (QED) is 0.805. The van der Waals surface area contributed by atoms with E-state index in [-0.39, 0.29) is 24.4 Å². The number of amides is 1. The van der Waals surface area contributed by atoms with E-state index in [2.05, 4.69) is 5.32 Å². The zero-order valence-corrected chi connectivity index (χ0v) is 15.3. The van der Waals surface area contributed by atoms with Gasteiger partial charge >= 0.3 is 0 Å². The van der Waals surface area contributed by atoms with Gasteiger partial charge in [0.2, 0.25) is 5.91 Å². The molecule has 1 unspecified atom stereocenters. The highest BCUT2D eigenvalue weighted by atomic mass is 35.5. The number of nitrogens with zero attached hydrogens (tertiary/aromatic N) is 1. The second-order valence-corrected chi connectivity index (χ2v) is 6.61. The molecule has 0 radical (unpaired) electrons. The van der Waals surface area contributed by atoms with Gasteiger partial charge in [-0.1, -0.05) is 35.3 Å². The molecular formula is C18H18Cl2F2N2O. The van der Waals surface area contributed by atoms with Crippen LogP contribution < -0.4 is 5.32 Å². The molecule has 0 aromatic heterocycles. The molecule has 0 bridgehead atoms. The fourth-order valence-corrected chi connectivity index (χ4v) is 3.04. The summed E-state index contributed by atoms with van der Waals surface area (Å²) in [4.78, 5) is 13.9. The summed E-state index contributed by atoms with van der Waals surface area (Å²) in [6, 6.07) is 8.03. The summed E-state index contributed by atoms with van der Waals surface area (Å²) in [7, 11) is 3.38. The number of halogens is 4. The molecule has 1 amide bonds. The zero-order valence-electron chi connectivity index (χ0n) is 13.8. The topological polar surface area (TPSA) is 32.3 Å². The normalized spacial score (nSPS) is 12.3. The van der Waals surface area contributed by atoms with Gasteiger partial charge in [-0.05, 0) is 43.9 Å². The summed E-state index contributed by atoms with van der Waals surface area (Å²) >= 11 is 12.1. The molecule has 0 aliphatic carbocycles. The van der Waals surface area contributed by atoms with Gasteiger partial charge in [-0.2, -0.15) is 0 Å². The number of likely N-dealkylation sites (N-methyl/N-ethyl adjacent to an activating group) is 1. The molecule has 134 valence electrons. The average molecular weight is 387 g/mol. The highest BCUT2D eigenvalue weighted by molar-refractivity contribution is 6.36. The van der Waals surface area contributed by atoms with Gasteiger partial charge in [-0.25, -0.2) is 8.78 Å². The Hall–Kier alpha value is -1.69. The van der Waals surface area contributed by atoms with Gasteiger partial charge in [0, 0.05) is 22.2 Å². The van der Waals surface area contributed by atoms with Crippen molar-refractivity contribution >= 4 is 29.1 Å². The van der Waals surface area contributed by atoms with Gasteiger partial charge in [0.25, 0.3) is 0 Å². The minimum absolute atomic E-state index is 0.0155. The Bertz CT molecular complexity index is 728. The Morgan fingerprint density at radius 1 is 1.08 bits per heavy atom. The maximum absolute atomic E-state index is 14.0. The SMILES string of the molecule is CN(C)C(CNC(=O)Cc1c(Cl)cccc1Cl)c1c(F)cccc1F. The van der Waals surface area contributed by atoms with Crippen molar-refractivity contribution in [2.24, 2.45) is 0 Å². The number of rotatable bonds is 6. The van der Waals surface area contributed by atoms with Crippen LogP contribution in [0.4, 0.5) is 8.78 Å². The van der Waals surface area contributed by atoms with E-state index in [4.69, 9.17) is 23.2 Å². The Morgan fingerprint density at radius 3 is 2.12 bits per heavy atom. The summed E-state index contributed by atoms with van der Waals surface area (Å²) in [5.41, 5.74) is 0.436. The lowest BCUT2D eigenvalue weighted by Gasteiger charge is -2.26. The first-order chi connectivity index (χ1) is 11.8. The van der Waals surface area contributed by atoms with Crippen LogP contribution in [0.1, 0.15) is 17.2 Å². The fourth-order valence-electron chi connectivity index (χ4n) is 2.51. The molecule has 0 aliphatic rings. The molecule has 3 nitrogen and oxygen atoms in total. The van der Waals surface area contributed by atoms with Crippen molar-refractivity contribution < 1.29 is 13.6 Å². The molecule has 0 fully saturated rings. The molecule has 2 aromatic rings. The van der Waals surface area contributed by atoms with Crippen LogP contribution in [0.2, 0.25) is 10.0 Å². The van der Waals surface area contributed by atoms with Gasteiger partial charge in [0.15, 0.2) is 0 Å². The first kappa shape index (κ1) is 19.6. The van der Waals surface area contributed by atoms with Gasteiger partial charge < -0.3 is 10.2 Å². The van der Waals surface area contributed by atoms with Crippen LogP contribution in [-0.2, 0) is 11.2 Å². The monoisotopic (exact) mass is 386 g/mol. The Labute approximate surface area is 155 Å². The Morgan fingerprint density at radius 2 is 1.60 bits per heavy atom. The van der Waals surface area contributed by atoms with Crippen LogP contribution in [0, 0.1) is 11.6 Å². The smallest absolute Gasteiger partial charge is 0.224 e. The summed E-state index contributed by atoms with van der Waals surface area (Å²) in [6.45, 7) is 0.0474. The first-order valence-corrected chi connectivity index (χ1v) is 8.36. The number of nitrogens with one attached hydrogen (secondary N) is 1. The Balaban J connectivity index is 2.10. The number of carbonyl (C=O) groups excluding carboxylic acids is 1. The van der Waals surface area contributed by atoms with Gasteiger partial charge in [0.1, 0.15) is 11.6 Å². The van der Waals surface area contributed by atoms with Crippen molar-refractivity contribution in [3.63, 3.8) is 0 Å². The van der Waals surface area contributed by atoms with E-state index < -0.39 is 17.7 Å². The summed E-state index contributed by atoms with van der Waals surface area (Å²) in [5, 5.41) is 3.48. The van der Waals surface area contributed by atoms with E-state index in [9.17, 15) is 13.6 Å². The predicted octanol–water partition coefficient (Wildman–Crippen LogP) is 4.23. The summed E-state index contributed by atoms with van der Waals surface area (Å²) in [6.07, 6.45) is -0.0155. The van der Waals surface area contributed by atoms with E-state index >= 15 is 0 Å². The lowest BCUT2D eigenvalue weighted by molar-refractivity contribution is -0.120. The summed E-state index contributed by atoms with van der Waals surface area (Å²) in [5.74, 6) is -1.64. The molecule has 0 saturated carbocycles. The standard InChI is InChI=1S/C18H18Cl2F2N2O/c1-24(2)16(18-14(21)7-4-8-15(18)22)10-23-17(25)9-11-12(19)5-3-6-13(11)20/h3-8,16H,9-10H2,1-2H3,(H,23,25). The molecule has 0 saturated heterocycles. The van der Waals surface area contributed by atoms with Crippen molar-refractivity contribution in [1.29, 1.82) is 0 Å². The minimum Gasteiger partial charge on any atom is -0.354 e. The van der Waals surface area contributed by atoms with Crippen LogP contribution in [0.15, 0.2) is 36.4 Å². The third kappa shape index (κ3) is 4.91. The molecule has 0 aliphatic heterocycles. The number of hydrogen-bond acceptors (Lipinski definition) is 2. The molecule has 2 aromatic carbocycles. The molecule has 1 N–H and O–H groups in total. The molecule has 7 heteroatoms. The number of carbonyl (C=O) groups is 1. The van der Waals surface area contributed by atoms with E-state index in [1.54, 1.807) is 37.2 Å². The number of benzene rings is 2. The van der Waals surface area contributed by atoms with Gasteiger partial charge in [-0.3, -0.25) is 4.79 Å². The van der Waals surface area contributed by atoms with E-state index in [0.717, 1.165) is 0 Å². The highest BCUT2D eigenvalue weighted by Gasteiger charge is 2.23. The third-order valence-corrected chi connectivity index (χ3v) is 4.56. The number of hydrogen-bond donors (Lipinski definition) is 1. The van der Waals surface area contributed by atoms with Crippen LogP contribution in [0.5, 0.6) is 0 Å². The average Bonchev–Trinajstić information content (AvgIpc) is 2.53. The Kier molecular flexibility index (Phi) is 6.76. The van der Waals surface area contributed by atoms with Crippen LogP contribution in [-0.4, -0.2) is 31.4 Å². The summed E-state index contributed by atoms with van der Waals surface area (Å²) < 4.78 is 28.0. The molecule has 2 rings (SSSR count). The van der Waals surface area contributed by atoms with Gasteiger partial charge in [0.05, 0.1) is 12.5 Å². The van der Waals surface area contributed by atoms with Crippen LogP contribution in [0.3, 0.4) is 0 Å². The van der Waals surface area contributed by atoms with E-state index in [0.29, 0.717) is 15.6 Å². The molecule has 0 spiro atoms. The van der Waals surface area contributed by atoms with Crippen LogP contribution >= 0.6 is 23.2 Å². The minimum atomic E-state index is -0.651. The maximum Gasteiger partial charge on any atom is 0.224 e. The second kappa shape index (κ2) is 8.61. The highest BCUT2D eigenvalue weighted by Crippen LogP contribution is 2.26. The van der Waals surface area contributed by atoms with E-state index in [1.807, 2.05) is 0 Å². The largest absolute Gasteiger partial charge is 0.354 e. The molecular weight excluding hydrogens is 369 g/mol. The van der Waals surface area contributed by atoms with Crippen molar-refractivity contribution in [1.82, 2.24) is 10.2 Å². The lowest BCUT2D eigenvalue weighted by Crippen LogP contribution is -2.36. The predicted molar refractivity (Wildman–Crippen MR) is 96.0 cm³/mol. The second-order valence-electron chi connectivity index (χ2n) is 5.80. The van der Waals surface area contributed by atoms with Crippen molar-refractivity contribution in [3.8, 4) is 0 Å². The van der Waals surface area contributed by atoms with Crippen molar-refractivity contribution in [2.75, 3.05) is 20.6 Å². The first-order valence-electron chi connectivity index (χ1n) is 7.61. The van der Waals surface area contributed by atoms with Crippen molar-refractivity contribution in [3.05, 3.63) is 69.2 Å². The van der Waals surface area contributed by atoms with Crippen LogP contribution in [0.25, 0.3) is 0 Å².